The smallest absolute Gasteiger partial charge is 0.255 e. The average Bonchev–Trinajstić information content (AvgIpc) is 2.70. The van der Waals surface area contributed by atoms with E-state index in [1.54, 1.807) is 25.3 Å². The van der Waals surface area contributed by atoms with Gasteiger partial charge >= 0.3 is 0 Å². The molecular weight excluding hydrogens is 360 g/mol. The van der Waals surface area contributed by atoms with E-state index in [4.69, 9.17) is 16.3 Å². The Morgan fingerprint density at radius 3 is 2.78 bits per heavy atom. The van der Waals surface area contributed by atoms with E-state index in [2.05, 4.69) is 41.4 Å². The summed E-state index contributed by atoms with van der Waals surface area (Å²) in [6.07, 6.45) is 3.28. The normalized spacial score (nSPS) is 16.6. The molecule has 2 aromatic carbocycles. The molecule has 3 rings (SSSR count). The fraction of sp³-hybridized carbons (Fsp3) is 0.409. The third kappa shape index (κ3) is 4.82. The zero-order valence-electron chi connectivity index (χ0n) is 16.0. The number of hydrogen-bond donors (Lipinski definition) is 1. The van der Waals surface area contributed by atoms with Gasteiger partial charge in [0.05, 0.1) is 12.7 Å². The van der Waals surface area contributed by atoms with Crippen molar-refractivity contribution in [3.63, 3.8) is 0 Å². The van der Waals surface area contributed by atoms with Crippen LogP contribution in [0.3, 0.4) is 0 Å². The number of fused-ring (bicyclic) bond motifs is 1. The van der Waals surface area contributed by atoms with Crippen molar-refractivity contribution in [1.29, 1.82) is 0 Å². The van der Waals surface area contributed by atoms with Crippen LogP contribution in [0.4, 0.5) is 0 Å². The monoisotopic (exact) mass is 386 g/mol. The Hall–Kier alpha value is -2.04. The number of unbranched alkanes of at least 4 members (excludes halogenated alkanes) is 1. The van der Waals surface area contributed by atoms with E-state index < -0.39 is 0 Å². The van der Waals surface area contributed by atoms with Gasteiger partial charge in [-0.3, -0.25) is 9.69 Å². The molecule has 0 radical (unpaired) electrons. The molecule has 5 heteroatoms. The topological polar surface area (TPSA) is 41.6 Å². The van der Waals surface area contributed by atoms with Gasteiger partial charge in [0.15, 0.2) is 0 Å². The maximum atomic E-state index is 12.7. The van der Waals surface area contributed by atoms with Crippen LogP contribution in [0.5, 0.6) is 5.75 Å². The fourth-order valence-electron chi connectivity index (χ4n) is 3.63. The van der Waals surface area contributed by atoms with Crippen molar-refractivity contribution in [2.75, 3.05) is 20.2 Å². The number of methoxy groups -OCH3 is 1. The zero-order valence-corrected chi connectivity index (χ0v) is 16.8. The summed E-state index contributed by atoms with van der Waals surface area (Å²) in [6.45, 7) is 4.80. The quantitative estimate of drug-likeness (QED) is 0.771. The van der Waals surface area contributed by atoms with Crippen LogP contribution in [0, 0.1) is 0 Å². The third-order valence-electron chi connectivity index (χ3n) is 5.17. The lowest BCUT2D eigenvalue weighted by molar-refractivity contribution is 0.0921. The van der Waals surface area contributed by atoms with Gasteiger partial charge in [-0.25, -0.2) is 0 Å². The highest BCUT2D eigenvalue weighted by atomic mass is 35.5. The molecule has 0 aliphatic carbocycles. The Bertz CT molecular complexity index is 794. The summed E-state index contributed by atoms with van der Waals surface area (Å²) in [4.78, 5) is 15.2. The lowest BCUT2D eigenvalue weighted by Gasteiger charge is -2.37. The molecule has 144 valence electrons. The molecule has 0 unspecified atom stereocenters. The SMILES string of the molecule is CCCCN1Cc2ccccc2C[C@H]1CNC(=O)c1cc(Cl)ccc1OC. The summed E-state index contributed by atoms with van der Waals surface area (Å²) in [5, 5.41) is 3.61. The fourth-order valence-corrected chi connectivity index (χ4v) is 3.80. The first-order chi connectivity index (χ1) is 13.1. The first-order valence-electron chi connectivity index (χ1n) is 9.55. The van der Waals surface area contributed by atoms with Crippen LogP contribution in [-0.2, 0) is 13.0 Å². The summed E-state index contributed by atoms with van der Waals surface area (Å²) in [7, 11) is 1.56. The molecule has 0 fully saturated rings. The molecule has 1 atom stereocenters. The van der Waals surface area contributed by atoms with Crippen molar-refractivity contribution < 1.29 is 9.53 Å². The number of benzene rings is 2. The minimum absolute atomic E-state index is 0.149. The third-order valence-corrected chi connectivity index (χ3v) is 5.40. The van der Waals surface area contributed by atoms with E-state index >= 15 is 0 Å². The Morgan fingerprint density at radius 2 is 2.04 bits per heavy atom. The predicted molar refractivity (Wildman–Crippen MR) is 110 cm³/mol. The number of halogens is 1. The molecule has 27 heavy (non-hydrogen) atoms. The highest BCUT2D eigenvalue weighted by Crippen LogP contribution is 2.25. The summed E-state index contributed by atoms with van der Waals surface area (Å²) < 4.78 is 5.30. The van der Waals surface area contributed by atoms with Crippen molar-refractivity contribution in [1.82, 2.24) is 10.2 Å². The van der Waals surface area contributed by atoms with Crippen LogP contribution >= 0.6 is 11.6 Å². The number of nitrogens with one attached hydrogen (secondary N) is 1. The Balaban J connectivity index is 1.71. The molecule has 0 saturated carbocycles. The van der Waals surface area contributed by atoms with E-state index in [-0.39, 0.29) is 5.91 Å². The first kappa shape index (κ1) is 19.7. The number of carbonyl (C=O) groups is 1. The molecular formula is C22H27ClN2O2. The van der Waals surface area contributed by atoms with E-state index in [1.165, 1.54) is 11.1 Å². The molecule has 1 N–H and O–H groups in total. The standard InChI is InChI=1S/C22H27ClN2O2/c1-3-4-11-25-15-17-8-6-5-7-16(17)12-19(25)14-24-22(26)20-13-18(23)9-10-21(20)27-2/h5-10,13,19H,3-4,11-12,14-15H2,1-2H3,(H,24,26)/t19-/m0/s1. The molecule has 0 aromatic heterocycles. The molecule has 1 heterocycles. The molecule has 1 amide bonds. The minimum atomic E-state index is -0.149. The predicted octanol–water partition coefficient (Wildman–Crippen LogP) is 4.31. The second-order valence-electron chi connectivity index (χ2n) is 7.01. The molecule has 1 aliphatic rings. The summed E-state index contributed by atoms with van der Waals surface area (Å²) in [5.41, 5.74) is 3.25. The van der Waals surface area contributed by atoms with Gasteiger partial charge in [-0.2, -0.15) is 0 Å². The van der Waals surface area contributed by atoms with E-state index in [9.17, 15) is 4.79 Å². The highest BCUT2D eigenvalue weighted by molar-refractivity contribution is 6.31. The molecule has 0 saturated heterocycles. The van der Waals surface area contributed by atoms with Gasteiger partial charge in [0, 0.05) is 24.2 Å². The van der Waals surface area contributed by atoms with Crippen molar-refractivity contribution in [3.8, 4) is 5.75 Å². The number of hydrogen-bond acceptors (Lipinski definition) is 3. The average molecular weight is 387 g/mol. The maximum Gasteiger partial charge on any atom is 0.255 e. The Labute approximate surface area is 166 Å². The molecule has 0 spiro atoms. The van der Waals surface area contributed by atoms with Crippen LogP contribution in [-0.4, -0.2) is 37.0 Å². The van der Waals surface area contributed by atoms with Crippen LogP contribution in [0.25, 0.3) is 0 Å². The number of ether oxygens (including phenoxy) is 1. The number of carbonyl (C=O) groups excluding carboxylic acids is 1. The summed E-state index contributed by atoms with van der Waals surface area (Å²) in [5.74, 6) is 0.386. The first-order valence-corrected chi connectivity index (χ1v) is 9.92. The van der Waals surface area contributed by atoms with Gasteiger partial charge in [0.1, 0.15) is 5.75 Å². The maximum absolute atomic E-state index is 12.7. The van der Waals surface area contributed by atoms with Crippen molar-refractivity contribution in [2.45, 2.75) is 38.8 Å². The second kappa shape index (κ2) is 9.25. The lowest BCUT2D eigenvalue weighted by atomic mass is 9.93. The number of amides is 1. The van der Waals surface area contributed by atoms with Crippen LogP contribution < -0.4 is 10.1 Å². The van der Waals surface area contributed by atoms with E-state index in [0.29, 0.717) is 28.9 Å². The van der Waals surface area contributed by atoms with Gasteiger partial charge in [0.25, 0.3) is 5.91 Å². The molecule has 0 bridgehead atoms. The number of rotatable bonds is 7. The van der Waals surface area contributed by atoms with Crippen molar-refractivity contribution in [2.24, 2.45) is 0 Å². The molecule has 2 aromatic rings. The lowest BCUT2D eigenvalue weighted by Crippen LogP contribution is -2.47. The summed E-state index contributed by atoms with van der Waals surface area (Å²) >= 11 is 6.06. The van der Waals surface area contributed by atoms with Gasteiger partial charge < -0.3 is 10.1 Å². The minimum Gasteiger partial charge on any atom is -0.496 e. The van der Waals surface area contributed by atoms with E-state index in [0.717, 1.165) is 32.4 Å². The van der Waals surface area contributed by atoms with Gasteiger partial charge in [-0.15, -0.1) is 0 Å². The van der Waals surface area contributed by atoms with Crippen LogP contribution in [0.1, 0.15) is 41.3 Å². The van der Waals surface area contributed by atoms with Crippen molar-refractivity contribution in [3.05, 3.63) is 64.2 Å². The van der Waals surface area contributed by atoms with Crippen molar-refractivity contribution >= 4 is 17.5 Å². The van der Waals surface area contributed by atoms with Crippen LogP contribution in [0.15, 0.2) is 42.5 Å². The zero-order chi connectivity index (χ0) is 19.2. The van der Waals surface area contributed by atoms with Gasteiger partial charge in [-0.05, 0) is 48.7 Å². The van der Waals surface area contributed by atoms with E-state index in [1.807, 2.05) is 0 Å². The molecule has 1 aliphatic heterocycles. The summed E-state index contributed by atoms with van der Waals surface area (Å²) in [6, 6.07) is 14.0. The Morgan fingerprint density at radius 1 is 1.26 bits per heavy atom. The van der Waals surface area contributed by atoms with Crippen LogP contribution in [0.2, 0.25) is 5.02 Å². The second-order valence-corrected chi connectivity index (χ2v) is 7.44. The van der Waals surface area contributed by atoms with Gasteiger partial charge in [0.2, 0.25) is 0 Å². The largest absolute Gasteiger partial charge is 0.496 e. The van der Waals surface area contributed by atoms with Gasteiger partial charge in [-0.1, -0.05) is 49.2 Å². The highest BCUT2D eigenvalue weighted by Gasteiger charge is 2.26. The molecule has 4 nitrogen and oxygen atoms in total. The Kier molecular flexibility index (Phi) is 6.75. The number of nitrogens with zero attached hydrogens (tertiary/aromatic N) is 1.